The first kappa shape index (κ1) is 21.1. The lowest BCUT2D eigenvalue weighted by Gasteiger charge is -2.37. The van der Waals surface area contributed by atoms with Crippen LogP contribution in [0, 0.1) is 0 Å². The van der Waals surface area contributed by atoms with E-state index in [1.54, 1.807) is 48.9 Å². The molecule has 1 saturated heterocycles. The number of aromatic nitrogens is 1. The van der Waals surface area contributed by atoms with Gasteiger partial charge in [0.25, 0.3) is 5.91 Å². The molecule has 0 radical (unpaired) electrons. The summed E-state index contributed by atoms with van der Waals surface area (Å²) in [4.78, 5) is 44.6. The van der Waals surface area contributed by atoms with Gasteiger partial charge in [0.2, 0.25) is 11.8 Å². The number of H-pyrrole nitrogens is 1. The highest BCUT2D eigenvalue weighted by atomic mass is 16.5. The number of likely N-dealkylation sites (tertiary alicyclic amines) is 1. The Bertz CT molecular complexity index is 1280. The van der Waals surface area contributed by atoms with Crippen molar-refractivity contribution in [3.8, 4) is 5.75 Å². The second-order valence-corrected chi connectivity index (χ2v) is 9.08. The first-order chi connectivity index (χ1) is 15.7. The van der Waals surface area contributed by atoms with Crippen LogP contribution < -0.4 is 15.0 Å². The van der Waals surface area contributed by atoms with Crippen molar-refractivity contribution >= 4 is 40.0 Å². The van der Waals surface area contributed by atoms with Gasteiger partial charge in [-0.25, -0.2) is 0 Å². The van der Waals surface area contributed by atoms with E-state index < -0.39 is 11.6 Å². The predicted octanol–water partition coefficient (Wildman–Crippen LogP) is 3.43. The number of likely N-dealkylation sites (N-methyl/N-ethyl adjacent to an activating group) is 1. The number of fused-ring (bicyclic) bond motifs is 2. The Kier molecular flexibility index (Phi) is 4.88. The van der Waals surface area contributed by atoms with E-state index >= 15 is 0 Å². The fraction of sp³-hybridized carbons (Fsp3) is 0.320. The van der Waals surface area contributed by atoms with Gasteiger partial charge >= 0.3 is 0 Å². The van der Waals surface area contributed by atoms with E-state index in [0.717, 1.165) is 16.5 Å². The molecule has 3 heterocycles. The quantitative estimate of drug-likeness (QED) is 0.642. The molecule has 2 N–H and O–H groups in total. The van der Waals surface area contributed by atoms with Gasteiger partial charge in [0, 0.05) is 48.9 Å². The summed E-state index contributed by atoms with van der Waals surface area (Å²) in [5.41, 5.74) is 2.20. The number of anilines is 2. The molecule has 0 aliphatic carbocycles. The number of nitrogens with zero attached hydrogens (tertiary/aromatic N) is 2. The fourth-order valence-electron chi connectivity index (χ4n) is 4.66. The van der Waals surface area contributed by atoms with Crippen LogP contribution in [0.5, 0.6) is 5.75 Å². The minimum atomic E-state index is -0.988. The van der Waals surface area contributed by atoms with Crippen LogP contribution in [0.1, 0.15) is 32.3 Å². The number of nitrogens with one attached hydrogen (secondary N) is 2. The van der Waals surface area contributed by atoms with E-state index in [2.05, 4.69) is 10.3 Å². The molecule has 3 amide bonds. The Morgan fingerprint density at radius 3 is 2.82 bits per heavy atom. The molecule has 1 fully saturated rings. The van der Waals surface area contributed by atoms with Gasteiger partial charge in [0.05, 0.1) is 5.69 Å². The molecule has 8 nitrogen and oxygen atoms in total. The molecule has 2 aliphatic heterocycles. The Hall–Kier alpha value is -3.81. The fourth-order valence-corrected chi connectivity index (χ4v) is 4.66. The molecular weight excluding hydrogens is 420 g/mol. The lowest BCUT2D eigenvalue weighted by Crippen LogP contribution is -2.50. The van der Waals surface area contributed by atoms with Crippen LogP contribution in [0.2, 0.25) is 0 Å². The second kappa shape index (κ2) is 7.65. The molecule has 170 valence electrons. The largest absolute Gasteiger partial charge is 0.476 e. The molecule has 1 aromatic heterocycles. The van der Waals surface area contributed by atoms with Crippen LogP contribution in [-0.4, -0.2) is 46.3 Å². The Morgan fingerprint density at radius 2 is 2.00 bits per heavy atom. The molecule has 0 spiro atoms. The molecule has 1 atom stereocenters. The standard InChI is InChI=1S/C25H26N4O4/c1-25(2)24(32)28(3)19-9-8-16(12-21(19)33-25)27-23(31)20-10-11-22(30)29(20)14-15-13-26-18-7-5-4-6-17(15)18/h4-9,12-13,20,26H,10-11,14H2,1-3H3,(H,27,31). The topological polar surface area (TPSA) is 94.7 Å². The highest BCUT2D eigenvalue weighted by Crippen LogP contribution is 2.39. The van der Waals surface area contributed by atoms with Crippen molar-refractivity contribution in [3.05, 3.63) is 54.2 Å². The molecule has 5 rings (SSSR count). The normalized spacial score (nSPS) is 19.5. The summed E-state index contributed by atoms with van der Waals surface area (Å²) in [6.45, 7) is 3.80. The van der Waals surface area contributed by atoms with Crippen LogP contribution in [-0.2, 0) is 20.9 Å². The van der Waals surface area contributed by atoms with E-state index in [1.807, 2.05) is 30.5 Å². The smallest absolute Gasteiger partial charge is 0.270 e. The minimum absolute atomic E-state index is 0.0314. The molecule has 0 saturated carbocycles. The summed E-state index contributed by atoms with van der Waals surface area (Å²) < 4.78 is 5.89. The maximum absolute atomic E-state index is 13.2. The summed E-state index contributed by atoms with van der Waals surface area (Å²) >= 11 is 0. The Morgan fingerprint density at radius 1 is 1.21 bits per heavy atom. The number of benzene rings is 2. The molecule has 2 aromatic carbocycles. The average Bonchev–Trinajstić information content (AvgIpc) is 3.36. The lowest BCUT2D eigenvalue weighted by atomic mass is 10.0. The number of amides is 3. The van der Waals surface area contributed by atoms with Gasteiger partial charge in [-0.05, 0) is 44.0 Å². The van der Waals surface area contributed by atoms with Crippen molar-refractivity contribution in [2.24, 2.45) is 0 Å². The number of rotatable bonds is 4. The lowest BCUT2D eigenvalue weighted by molar-refractivity contribution is -0.133. The van der Waals surface area contributed by atoms with Crippen molar-refractivity contribution < 1.29 is 19.1 Å². The van der Waals surface area contributed by atoms with E-state index in [4.69, 9.17) is 4.74 Å². The Balaban J connectivity index is 1.35. The third kappa shape index (κ3) is 3.61. The number of carbonyl (C=O) groups excluding carboxylic acids is 3. The molecule has 2 aliphatic rings. The maximum Gasteiger partial charge on any atom is 0.270 e. The highest BCUT2D eigenvalue weighted by Gasteiger charge is 2.40. The van der Waals surface area contributed by atoms with Gasteiger partial charge < -0.3 is 24.8 Å². The second-order valence-electron chi connectivity index (χ2n) is 9.08. The summed E-state index contributed by atoms with van der Waals surface area (Å²) in [5.74, 6) is 0.124. The monoisotopic (exact) mass is 446 g/mol. The van der Waals surface area contributed by atoms with Gasteiger partial charge in [-0.15, -0.1) is 0 Å². The van der Waals surface area contributed by atoms with E-state index in [0.29, 0.717) is 36.5 Å². The first-order valence-corrected chi connectivity index (χ1v) is 11.0. The number of aromatic amines is 1. The number of hydrogen-bond acceptors (Lipinski definition) is 4. The average molecular weight is 447 g/mol. The maximum atomic E-state index is 13.2. The molecular formula is C25H26N4O4. The number of para-hydroxylation sites is 1. The van der Waals surface area contributed by atoms with Crippen LogP contribution in [0.4, 0.5) is 11.4 Å². The van der Waals surface area contributed by atoms with E-state index in [1.165, 1.54) is 0 Å². The summed E-state index contributed by atoms with van der Waals surface area (Å²) in [6.07, 6.45) is 2.71. The summed E-state index contributed by atoms with van der Waals surface area (Å²) in [5, 5.41) is 3.98. The SMILES string of the molecule is CN1C(=O)C(C)(C)Oc2cc(NC(=O)C3CCC(=O)N3Cc3c[nH]c4ccccc34)ccc21. The highest BCUT2D eigenvalue weighted by molar-refractivity contribution is 6.03. The third-order valence-electron chi connectivity index (χ3n) is 6.42. The van der Waals surface area contributed by atoms with Crippen LogP contribution in [0.15, 0.2) is 48.7 Å². The molecule has 1 unspecified atom stereocenters. The summed E-state index contributed by atoms with van der Waals surface area (Å²) in [6, 6.07) is 12.6. The van der Waals surface area contributed by atoms with Gasteiger partial charge in [-0.3, -0.25) is 14.4 Å². The zero-order valence-corrected chi connectivity index (χ0v) is 18.8. The molecule has 8 heteroatoms. The van der Waals surface area contributed by atoms with Crippen LogP contribution in [0.25, 0.3) is 10.9 Å². The van der Waals surface area contributed by atoms with Crippen molar-refractivity contribution in [2.75, 3.05) is 17.3 Å². The Labute approximate surface area is 191 Å². The van der Waals surface area contributed by atoms with Gasteiger partial charge in [0.1, 0.15) is 11.8 Å². The third-order valence-corrected chi connectivity index (χ3v) is 6.42. The number of carbonyl (C=O) groups is 3. The van der Waals surface area contributed by atoms with Crippen molar-refractivity contribution in [1.29, 1.82) is 0 Å². The van der Waals surface area contributed by atoms with Gasteiger partial charge in [0.15, 0.2) is 5.60 Å². The molecule has 0 bridgehead atoms. The zero-order chi connectivity index (χ0) is 23.3. The van der Waals surface area contributed by atoms with Crippen LogP contribution in [0.3, 0.4) is 0 Å². The van der Waals surface area contributed by atoms with E-state index in [-0.39, 0.29) is 17.7 Å². The van der Waals surface area contributed by atoms with Gasteiger partial charge in [-0.2, -0.15) is 0 Å². The minimum Gasteiger partial charge on any atom is -0.476 e. The van der Waals surface area contributed by atoms with Crippen molar-refractivity contribution in [3.63, 3.8) is 0 Å². The van der Waals surface area contributed by atoms with Gasteiger partial charge in [-0.1, -0.05) is 18.2 Å². The van der Waals surface area contributed by atoms with Crippen molar-refractivity contribution in [2.45, 2.75) is 44.9 Å². The summed E-state index contributed by atoms with van der Waals surface area (Å²) in [7, 11) is 1.70. The first-order valence-electron chi connectivity index (χ1n) is 11.0. The molecule has 3 aromatic rings. The zero-order valence-electron chi connectivity index (χ0n) is 18.8. The molecule has 33 heavy (non-hydrogen) atoms. The van der Waals surface area contributed by atoms with Crippen LogP contribution >= 0.6 is 0 Å². The van der Waals surface area contributed by atoms with Crippen molar-refractivity contribution in [1.82, 2.24) is 9.88 Å². The predicted molar refractivity (Wildman–Crippen MR) is 125 cm³/mol. The van der Waals surface area contributed by atoms with E-state index in [9.17, 15) is 14.4 Å². The number of hydrogen-bond donors (Lipinski definition) is 2. The number of ether oxygens (including phenoxy) is 1.